The van der Waals surface area contributed by atoms with Crippen LogP contribution in [0.25, 0.3) is 0 Å². The molecule has 24 heavy (non-hydrogen) atoms. The maximum Gasteiger partial charge on any atom is 0.0802 e. The molecule has 0 amide bonds. The van der Waals surface area contributed by atoms with Gasteiger partial charge in [0.2, 0.25) is 0 Å². The van der Waals surface area contributed by atoms with Crippen molar-refractivity contribution < 1.29 is 5.11 Å². The third-order valence-corrected chi connectivity index (χ3v) is 4.92. The van der Waals surface area contributed by atoms with Crippen molar-refractivity contribution in [2.75, 3.05) is 32.1 Å². The topological polar surface area (TPSA) is 26.7 Å². The SMILES string of the molecule is CN(CCC(O)c1ccc2c(c1)CCCN2C)Cc1ccccc1. The van der Waals surface area contributed by atoms with E-state index in [2.05, 4.69) is 66.4 Å². The van der Waals surface area contributed by atoms with Crippen LogP contribution in [0.1, 0.15) is 35.6 Å². The minimum absolute atomic E-state index is 0.388. The summed E-state index contributed by atoms with van der Waals surface area (Å²) < 4.78 is 0. The highest BCUT2D eigenvalue weighted by molar-refractivity contribution is 5.56. The van der Waals surface area contributed by atoms with Gasteiger partial charge >= 0.3 is 0 Å². The number of hydrogen-bond donors (Lipinski definition) is 1. The van der Waals surface area contributed by atoms with Crippen LogP contribution in [-0.2, 0) is 13.0 Å². The molecule has 1 unspecified atom stereocenters. The molecule has 0 fully saturated rings. The summed E-state index contributed by atoms with van der Waals surface area (Å²) in [5, 5.41) is 10.6. The third-order valence-electron chi connectivity index (χ3n) is 4.92. The summed E-state index contributed by atoms with van der Waals surface area (Å²) in [6.45, 7) is 2.93. The Morgan fingerprint density at radius 3 is 2.75 bits per heavy atom. The van der Waals surface area contributed by atoms with E-state index in [-0.39, 0.29) is 6.10 Å². The monoisotopic (exact) mass is 324 g/mol. The average Bonchev–Trinajstić information content (AvgIpc) is 2.60. The van der Waals surface area contributed by atoms with Crippen LogP contribution >= 0.6 is 0 Å². The second kappa shape index (κ2) is 7.82. The van der Waals surface area contributed by atoms with Crippen LogP contribution in [0, 0.1) is 0 Å². The summed E-state index contributed by atoms with van der Waals surface area (Å²) >= 11 is 0. The van der Waals surface area contributed by atoms with Crippen LogP contribution in [0.4, 0.5) is 5.69 Å². The molecular weight excluding hydrogens is 296 g/mol. The number of aliphatic hydroxyl groups is 1. The van der Waals surface area contributed by atoms with E-state index in [1.54, 1.807) is 0 Å². The molecule has 0 aliphatic carbocycles. The predicted molar refractivity (Wildman–Crippen MR) is 100 cm³/mol. The standard InChI is InChI=1S/C21H28N2O/c1-22(16-17-7-4-3-5-8-17)14-12-21(24)19-10-11-20-18(15-19)9-6-13-23(20)2/h3-5,7-8,10-11,15,21,24H,6,9,12-14,16H2,1-2H3. The maximum atomic E-state index is 10.6. The molecule has 0 saturated carbocycles. The second-order valence-corrected chi connectivity index (χ2v) is 6.94. The van der Waals surface area contributed by atoms with E-state index in [1.807, 2.05) is 6.07 Å². The molecule has 1 aliphatic heterocycles. The Bertz CT molecular complexity index is 656. The number of nitrogens with zero attached hydrogens (tertiary/aromatic N) is 2. The molecule has 2 aromatic rings. The van der Waals surface area contributed by atoms with Crippen molar-refractivity contribution in [3.63, 3.8) is 0 Å². The zero-order chi connectivity index (χ0) is 16.9. The lowest BCUT2D eigenvalue weighted by Crippen LogP contribution is -2.25. The molecule has 1 aliphatic rings. The summed E-state index contributed by atoms with van der Waals surface area (Å²) in [6.07, 6.45) is 2.69. The highest BCUT2D eigenvalue weighted by Crippen LogP contribution is 2.29. The van der Waals surface area contributed by atoms with Crippen LogP contribution < -0.4 is 4.90 Å². The fourth-order valence-corrected chi connectivity index (χ4v) is 3.50. The summed E-state index contributed by atoms with van der Waals surface area (Å²) in [5.41, 5.74) is 5.06. The fourth-order valence-electron chi connectivity index (χ4n) is 3.50. The number of aryl methyl sites for hydroxylation is 1. The molecule has 1 heterocycles. The minimum Gasteiger partial charge on any atom is -0.388 e. The summed E-state index contributed by atoms with van der Waals surface area (Å²) in [6, 6.07) is 16.9. The number of aliphatic hydroxyl groups excluding tert-OH is 1. The molecule has 3 rings (SSSR count). The molecule has 0 radical (unpaired) electrons. The van der Waals surface area contributed by atoms with Gasteiger partial charge in [-0.05, 0) is 49.1 Å². The van der Waals surface area contributed by atoms with Crippen molar-refractivity contribution in [1.29, 1.82) is 0 Å². The smallest absolute Gasteiger partial charge is 0.0802 e. The number of anilines is 1. The Morgan fingerprint density at radius 2 is 1.96 bits per heavy atom. The molecule has 0 spiro atoms. The van der Waals surface area contributed by atoms with Crippen LogP contribution in [0.5, 0.6) is 0 Å². The van der Waals surface area contributed by atoms with E-state index in [4.69, 9.17) is 0 Å². The van der Waals surface area contributed by atoms with Gasteiger partial charge in [-0.15, -0.1) is 0 Å². The first-order valence-electron chi connectivity index (χ1n) is 8.88. The minimum atomic E-state index is -0.388. The zero-order valence-electron chi connectivity index (χ0n) is 14.8. The van der Waals surface area contributed by atoms with Crippen LogP contribution in [0.15, 0.2) is 48.5 Å². The lowest BCUT2D eigenvalue weighted by molar-refractivity contribution is 0.147. The Labute approximate surface area is 145 Å². The predicted octanol–water partition coefficient (Wildman–Crippen LogP) is 3.62. The molecule has 1 atom stereocenters. The molecule has 0 aromatic heterocycles. The molecule has 0 bridgehead atoms. The van der Waals surface area contributed by atoms with Gasteiger partial charge in [0.05, 0.1) is 6.10 Å². The van der Waals surface area contributed by atoms with Gasteiger partial charge < -0.3 is 14.9 Å². The highest BCUT2D eigenvalue weighted by Gasteiger charge is 2.16. The summed E-state index contributed by atoms with van der Waals surface area (Å²) in [7, 11) is 4.26. The Balaban J connectivity index is 1.56. The highest BCUT2D eigenvalue weighted by atomic mass is 16.3. The van der Waals surface area contributed by atoms with Crippen molar-refractivity contribution in [3.05, 3.63) is 65.2 Å². The van der Waals surface area contributed by atoms with Crippen molar-refractivity contribution in [2.24, 2.45) is 0 Å². The molecule has 3 nitrogen and oxygen atoms in total. The molecule has 128 valence electrons. The van der Waals surface area contributed by atoms with Gasteiger partial charge in [-0.25, -0.2) is 0 Å². The number of benzene rings is 2. The van der Waals surface area contributed by atoms with Gasteiger partial charge in [-0.3, -0.25) is 0 Å². The number of fused-ring (bicyclic) bond motifs is 1. The van der Waals surface area contributed by atoms with Crippen molar-refractivity contribution in [2.45, 2.75) is 31.9 Å². The molecule has 1 N–H and O–H groups in total. The van der Waals surface area contributed by atoms with Gasteiger partial charge in [-0.2, -0.15) is 0 Å². The normalized spacial score (nSPS) is 15.4. The van der Waals surface area contributed by atoms with E-state index in [1.165, 1.54) is 23.2 Å². The number of rotatable bonds is 6. The molecular formula is C21H28N2O. The lowest BCUT2D eigenvalue weighted by Gasteiger charge is -2.28. The van der Waals surface area contributed by atoms with Crippen molar-refractivity contribution >= 4 is 5.69 Å². The van der Waals surface area contributed by atoms with Crippen LogP contribution in [-0.4, -0.2) is 37.2 Å². The van der Waals surface area contributed by atoms with Gasteiger partial charge in [0.25, 0.3) is 0 Å². The van der Waals surface area contributed by atoms with Gasteiger partial charge in [-0.1, -0.05) is 42.5 Å². The first-order chi connectivity index (χ1) is 11.6. The first-order valence-corrected chi connectivity index (χ1v) is 8.88. The van der Waals surface area contributed by atoms with Crippen LogP contribution in [0.3, 0.4) is 0 Å². The Kier molecular flexibility index (Phi) is 5.54. The first kappa shape index (κ1) is 17.0. The van der Waals surface area contributed by atoms with E-state index in [9.17, 15) is 5.11 Å². The quantitative estimate of drug-likeness (QED) is 0.879. The van der Waals surface area contributed by atoms with Gasteiger partial charge in [0.15, 0.2) is 0 Å². The molecule has 2 aromatic carbocycles. The van der Waals surface area contributed by atoms with E-state index in [0.29, 0.717) is 0 Å². The molecule has 0 saturated heterocycles. The van der Waals surface area contributed by atoms with Crippen molar-refractivity contribution in [1.82, 2.24) is 4.90 Å². The zero-order valence-corrected chi connectivity index (χ0v) is 14.8. The number of hydrogen-bond acceptors (Lipinski definition) is 3. The van der Waals surface area contributed by atoms with Gasteiger partial charge in [0.1, 0.15) is 0 Å². The van der Waals surface area contributed by atoms with Crippen molar-refractivity contribution in [3.8, 4) is 0 Å². The van der Waals surface area contributed by atoms with Crippen LogP contribution in [0.2, 0.25) is 0 Å². The molecule has 3 heteroatoms. The largest absolute Gasteiger partial charge is 0.388 e. The van der Waals surface area contributed by atoms with Gasteiger partial charge in [0, 0.05) is 32.4 Å². The fraction of sp³-hybridized carbons (Fsp3) is 0.429. The van der Waals surface area contributed by atoms with E-state index < -0.39 is 0 Å². The average molecular weight is 324 g/mol. The maximum absolute atomic E-state index is 10.6. The Morgan fingerprint density at radius 1 is 1.17 bits per heavy atom. The Hall–Kier alpha value is -1.84. The van der Waals surface area contributed by atoms with E-state index >= 15 is 0 Å². The summed E-state index contributed by atoms with van der Waals surface area (Å²) in [5.74, 6) is 0. The third kappa shape index (κ3) is 4.16. The summed E-state index contributed by atoms with van der Waals surface area (Å²) in [4.78, 5) is 4.58. The second-order valence-electron chi connectivity index (χ2n) is 6.94. The lowest BCUT2D eigenvalue weighted by atomic mass is 9.96. The van der Waals surface area contributed by atoms with E-state index in [0.717, 1.165) is 38.0 Å².